The number of aryl methyl sites for hydroxylation is 1. The molecular weight excluding hydrogens is 375 g/mol. The SMILES string of the molecule is COc1ccc(CNC(=O)N[C@@H](c2cccc(F)c2)c2nccn2C)cc1OC. The molecule has 1 atom stereocenters. The lowest BCUT2D eigenvalue weighted by molar-refractivity contribution is 0.237. The summed E-state index contributed by atoms with van der Waals surface area (Å²) in [6, 6.07) is 10.5. The van der Waals surface area contributed by atoms with Crippen LogP contribution in [0.1, 0.15) is 23.0 Å². The molecule has 2 aromatic carbocycles. The minimum Gasteiger partial charge on any atom is -0.493 e. The van der Waals surface area contributed by atoms with E-state index in [4.69, 9.17) is 9.47 Å². The van der Waals surface area contributed by atoms with Crippen LogP contribution in [-0.4, -0.2) is 29.8 Å². The molecule has 0 saturated heterocycles. The van der Waals surface area contributed by atoms with Gasteiger partial charge < -0.3 is 24.7 Å². The highest BCUT2D eigenvalue weighted by molar-refractivity contribution is 5.75. The molecule has 152 valence electrons. The number of benzene rings is 2. The van der Waals surface area contributed by atoms with E-state index in [-0.39, 0.29) is 12.4 Å². The first-order chi connectivity index (χ1) is 14.0. The van der Waals surface area contributed by atoms with Gasteiger partial charge in [-0.05, 0) is 35.4 Å². The van der Waals surface area contributed by atoms with E-state index >= 15 is 0 Å². The second-order valence-electron chi connectivity index (χ2n) is 6.40. The Morgan fingerprint density at radius 1 is 1.17 bits per heavy atom. The van der Waals surface area contributed by atoms with Gasteiger partial charge in [0, 0.05) is 26.0 Å². The molecule has 8 heteroatoms. The maximum Gasteiger partial charge on any atom is 0.315 e. The maximum atomic E-state index is 13.7. The van der Waals surface area contributed by atoms with Crippen molar-refractivity contribution in [2.24, 2.45) is 7.05 Å². The Morgan fingerprint density at radius 3 is 2.62 bits per heavy atom. The second kappa shape index (κ2) is 9.09. The van der Waals surface area contributed by atoms with Gasteiger partial charge in [-0.25, -0.2) is 14.2 Å². The van der Waals surface area contributed by atoms with Crippen LogP contribution in [0.3, 0.4) is 0 Å². The third kappa shape index (κ3) is 4.84. The largest absolute Gasteiger partial charge is 0.493 e. The summed E-state index contributed by atoms with van der Waals surface area (Å²) in [5.41, 5.74) is 1.44. The van der Waals surface area contributed by atoms with Crippen LogP contribution in [0.5, 0.6) is 11.5 Å². The molecule has 1 aromatic heterocycles. The summed E-state index contributed by atoms with van der Waals surface area (Å²) < 4.78 is 26.0. The fourth-order valence-corrected chi connectivity index (χ4v) is 2.99. The van der Waals surface area contributed by atoms with Gasteiger partial charge in [0.25, 0.3) is 0 Å². The molecule has 0 aliphatic rings. The lowest BCUT2D eigenvalue weighted by atomic mass is 10.1. The van der Waals surface area contributed by atoms with Crippen molar-refractivity contribution in [2.45, 2.75) is 12.6 Å². The number of urea groups is 1. The summed E-state index contributed by atoms with van der Waals surface area (Å²) in [5.74, 6) is 1.41. The molecule has 0 saturated carbocycles. The zero-order valence-electron chi connectivity index (χ0n) is 16.5. The minimum absolute atomic E-state index is 0.280. The van der Waals surface area contributed by atoms with E-state index in [1.165, 1.54) is 12.1 Å². The molecule has 29 heavy (non-hydrogen) atoms. The van der Waals surface area contributed by atoms with E-state index in [2.05, 4.69) is 15.6 Å². The van der Waals surface area contributed by atoms with Crippen LogP contribution in [0.2, 0.25) is 0 Å². The zero-order chi connectivity index (χ0) is 20.8. The highest BCUT2D eigenvalue weighted by atomic mass is 19.1. The monoisotopic (exact) mass is 398 g/mol. The molecule has 3 aromatic rings. The number of carbonyl (C=O) groups excluding carboxylic acids is 1. The normalized spacial score (nSPS) is 11.6. The predicted octanol–water partition coefficient (Wildman–Crippen LogP) is 3.17. The van der Waals surface area contributed by atoms with Crippen molar-refractivity contribution in [3.63, 3.8) is 0 Å². The molecule has 3 rings (SSSR count). The van der Waals surface area contributed by atoms with Crippen LogP contribution >= 0.6 is 0 Å². The number of nitrogens with one attached hydrogen (secondary N) is 2. The molecule has 2 N–H and O–H groups in total. The fraction of sp³-hybridized carbons (Fsp3) is 0.238. The summed E-state index contributed by atoms with van der Waals surface area (Å²) in [6.07, 6.45) is 3.40. The molecular formula is C21H23FN4O3. The quantitative estimate of drug-likeness (QED) is 0.641. The van der Waals surface area contributed by atoms with Gasteiger partial charge in [-0.2, -0.15) is 0 Å². The highest BCUT2D eigenvalue weighted by Crippen LogP contribution is 2.27. The lowest BCUT2D eigenvalue weighted by Gasteiger charge is -2.20. The molecule has 0 fully saturated rings. The third-order valence-electron chi connectivity index (χ3n) is 4.48. The van der Waals surface area contributed by atoms with Gasteiger partial charge in [0.2, 0.25) is 0 Å². The Hall–Kier alpha value is -3.55. The van der Waals surface area contributed by atoms with Gasteiger partial charge in [-0.3, -0.25) is 0 Å². The number of hydrogen-bond acceptors (Lipinski definition) is 4. The second-order valence-corrected chi connectivity index (χ2v) is 6.40. The summed E-state index contributed by atoms with van der Waals surface area (Å²) in [5, 5.41) is 5.68. The van der Waals surface area contributed by atoms with Crippen molar-refractivity contribution in [1.82, 2.24) is 20.2 Å². The number of carbonyl (C=O) groups is 1. The van der Waals surface area contributed by atoms with Crippen LogP contribution in [0, 0.1) is 5.82 Å². The van der Waals surface area contributed by atoms with E-state index < -0.39 is 12.1 Å². The first kappa shape index (κ1) is 20.2. The Kier molecular flexibility index (Phi) is 6.33. The van der Waals surface area contributed by atoms with Gasteiger partial charge in [-0.15, -0.1) is 0 Å². The Balaban J connectivity index is 1.73. The van der Waals surface area contributed by atoms with Crippen LogP contribution in [0.4, 0.5) is 9.18 Å². The van der Waals surface area contributed by atoms with Crippen molar-refractivity contribution in [3.05, 3.63) is 77.6 Å². The summed E-state index contributed by atoms with van der Waals surface area (Å²) in [6.45, 7) is 0.280. The fourth-order valence-electron chi connectivity index (χ4n) is 2.99. The minimum atomic E-state index is -0.601. The van der Waals surface area contributed by atoms with E-state index in [1.807, 2.05) is 13.1 Å². The number of hydrogen-bond donors (Lipinski definition) is 2. The van der Waals surface area contributed by atoms with Crippen molar-refractivity contribution in [3.8, 4) is 11.5 Å². The number of rotatable bonds is 7. The first-order valence-corrected chi connectivity index (χ1v) is 8.99. The summed E-state index contributed by atoms with van der Waals surface area (Å²) >= 11 is 0. The maximum absolute atomic E-state index is 13.7. The highest BCUT2D eigenvalue weighted by Gasteiger charge is 2.21. The van der Waals surface area contributed by atoms with Gasteiger partial charge in [0.1, 0.15) is 17.7 Å². The van der Waals surface area contributed by atoms with Gasteiger partial charge in [0.15, 0.2) is 11.5 Å². The van der Waals surface area contributed by atoms with Gasteiger partial charge >= 0.3 is 6.03 Å². The van der Waals surface area contributed by atoms with Crippen LogP contribution < -0.4 is 20.1 Å². The molecule has 2 amide bonds. The molecule has 0 spiro atoms. The Morgan fingerprint density at radius 2 is 1.97 bits per heavy atom. The molecule has 0 aliphatic heterocycles. The van der Waals surface area contributed by atoms with E-state index in [0.717, 1.165) is 5.56 Å². The number of imidazole rings is 1. The summed E-state index contributed by atoms with van der Waals surface area (Å²) in [4.78, 5) is 16.9. The van der Waals surface area contributed by atoms with Crippen molar-refractivity contribution in [1.29, 1.82) is 0 Å². The van der Waals surface area contributed by atoms with Crippen molar-refractivity contribution in [2.75, 3.05) is 14.2 Å². The molecule has 0 aliphatic carbocycles. The first-order valence-electron chi connectivity index (χ1n) is 8.99. The molecule has 0 bridgehead atoms. The average Bonchev–Trinajstić information content (AvgIpc) is 3.15. The van der Waals surface area contributed by atoms with Crippen molar-refractivity contribution < 1.29 is 18.7 Å². The molecule has 1 heterocycles. The number of ether oxygens (including phenoxy) is 2. The van der Waals surface area contributed by atoms with E-state index in [9.17, 15) is 9.18 Å². The summed E-state index contributed by atoms with van der Waals surface area (Å²) in [7, 11) is 4.93. The van der Waals surface area contributed by atoms with E-state index in [0.29, 0.717) is 22.9 Å². The number of amides is 2. The number of methoxy groups -OCH3 is 2. The average molecular weight is 398 g/mol. The van der Waals surface area contributed by atoms with Crippen LogP contribution in [0.25, 0.3) is 0 Å². The lowest BCUT2D eigenvalue weighted by Crippen LogP contribution is -2.39. The van der Waals surface area contributed by atoms with E-state index in [1.54, 1.807) is 55.4 Å². The number of halogens is 1. The molecule has 7 nitrogen and oxygen atoms in total. The standard InChI is InChI=1S/C21H23FN4O3/c1-26-10-9-23-20(26)19(15-5-4-6-16(22)12-15)25-21(27)24-13-14-7-8-17(28-2)18(11-14)29-3/h4-12,19H,13H2,1-3H3,(H2,24,25,27)/t19-/m0/s1. The van der Waals surface area contributed by atoms with Gasteiger partial charge in [0.05, 0.1) is 14.2 Å². The third-order valence-corrected chi connectivity index (χ3v) is 4.48. The van der Waals surface area contributed by atoms with Crippen LogP contribution in [0.15, 0.2) is 54.9 Å². The smallest absolute Gasteiger partial charge is 0.315 e. The number of nitrogens with zero attached hydrogens (tertiary/aromatic N) is 2. The van der Waals surface area contributed by atoms with Crippen molar-refractivity contribution >= 4 is 6.03 Å². The predicted molar refractivity (Wildman–Crippen MR) is 106 cm³/mol. The number of aromatic nitrogens is 2. The Bertz CT molecular complexity index is 990. The van der Waals surface area contributed by atoms with Crippen LogP contribution in [-0.2, 0) is 13.6 Å². The zero-order valence-corrected chi connectivity index (χ0v) is 16.5. The molecule has 0 radical (unpaired) electrons. The molecule has 0 unspecified atom stereocenters. The topological polar surface area (TPSA) is 77.4 Å². The van der Waals surface area contributed by atoms with Gasteiger partial charge in [-0.1, -0.05) is 18.2 Å². The Labute approximate surface area is 168 Å².